The number of allylic oxidation sites excluding steroid dienone is 2. The maximum Gasteiger partial charge on any atom is 0.359 e. The molecule has 11 nitrogen and oxygen atoms in total. The van der Waals surface area contributed by atoms with Gasteiger partial charge in [-0.3, -0.25) is 4.79 Å². The number of ketones is 1. The van der Waals surface area contributed by atoms with Crippen molar-refractivity contribution in [3.05, 3.63) is 56.2 Å². The zero-order valence-corrected chi connectivity index (χ0v) is 23.1. The molecule has 1 saturated heterocycles. The molecule has 2 N–H and O–H groups in total. The molecule has 1 fully saturated rings. The largest absolute Gasteiger partial charge is 0.493 e. The average Bonchev–Trinajstić information content (AvgIpc) is 3.14. The second kappa shape index (κ2) is 12.2. The van der Waals surface area contributed by atoms with Gasteiger partial charge in [-0.05, 0) is 38.1 Å². The molecule has 1 atom stereocenters. The molecule has 2 aromatic rings. The summed E-state index contributed by atoms with van der Waals surface area (Å²) in [6, 6.07) is 2.73. The number of carbonyl (C=O) groups excluding carboxylic acids is 4. The first-order chi connectivity index (χ1) is 18.3. The van der Waals surface area contributed by atoms with Crippen LogP contribution in [0.2, 0.25) is 15.1 Å². The highest BCUT2D eigenvalue weighted by molar-refractivity contribution is 6.40. The summed E-state index contributed by atoms with van der Waals surface area (Å²) in [5.41, 5.74) is -0.892. The molecule has 1 unspecified atom stereocenters. The third-order valence-corrected chi connectivity index (χ3v) is 6.23. The van der Waals surface area contributed by atoms with Crippen molar-refractivity contribution in [3.63, 3.8) is 0 Å². The van der Waals surface area contributed by atoms with E-state index in [1.807, 2.05) is 0 Å². The number of aromatic nitrogens is 2. The lowest BCUT2D eigenvalue weighted by Crippen LogP contribution is -2.44. The molecule has 14 heteroatoms. The van der Waals surface area contributed by atoms with Crippen LogP contribution in [-0.2, 0) is 28.6 Å². The van der Waals surface area contributed by atoms with Crippen molar-refractivity contribution in [1.29, 1.82) is 0 Å². The fraction of sp³-hybridized carbons (Fsp3) is 0.320. The molecule has 39 heavy (non-hydrogen) atoms. The lowest BCUT2D eigenvalue weighted by atomic mass is 10.0. The van der Waals surface area contributed by atoms with E-state index in [1.54, 1.807) is 6.92 Å². The monoisotopic (exact) mass is 600 g/mol. The summed E-state index contributed by atoms with van der Waals surface area (Å²) >= 11 is 18.4. The number of Topliss-reactive ketones (excluding diaryl/α,β-unsaturated/α-hetero) is 1. The Morgan fingerprint density at radius 2 is 1.77 bits per heavy atom. The Morgan fingerprint density at radius 1 is 1.18 bits per heavy atom. The highest BCUT2D eigenvalue weighted by Crippen LogP contribution is 2.36. The number of benzene rings is 1. The molecule has 1 aliphatic rings. The van der Waals surface area contributed by atoms with Crippen LogP contribution >= 0.6 is 34.8 Å². The van der Waals surface area contributed by atoms with E-state index < -0.39 is 47.0 Å². The molecule has 208 valence electrons. The fourth-order valence-electron chi connectivity index (χ4n) is 3.46. The van der Waals surface area contributed by atoms with Crippen molar-refractivity contribution in [2.75, 3.05) is 6.61 Å². The first kappa shape index (κ1) is 30.2. The minimum absolute atomic E-state index is 0.0153. The van der Waals surface area contributed by atoms with E-state index in [4.69, 9.17) is 49.0 Å². The van der Waals surface area contributed by atoms with Gasteiger partial charge in [0.25, 0.3) is 5.79 Å². The van der Waals surface area contributed by atoms with Crippen LogP contribution in [-0.4, -0.2) is 62.2 Å². The maximum atomic E-state index is 12.5. The Kier molecular flexibility index (Phi) is 9.44. The Labute approximate surface area is 237 Å². The van der Waals surface area contributed by atoms with Crippen molar-refractivity contribution in [1.82, 2.24) is 9.78 Å². The third kappa shape index (κ3) is 6.80. The van der Waals surface area contributed by atoms with Gasteiger partial charge in [-0.2, -0.15) is 9.78 Å². The molecule has 0 amide bonds. The van der Waals surface area contributed by atoms with Crippen molar-refractivity contribution < 1.29 is 43.6 Å². The summed E-state index contributed by atoms with van der Waals surface area (Å²) in [6.07, 6.45) is 1.89. The van der Waals surface area contributed by atoms with E-state index in [2.05, 4.69) is 5.10 Å². The first-order valence-corrected chi connectivity index (χ1v) is 12.6. The standard InChI is InChI=1S/C25H23Cl3N2O9/c1-4-37-24(36)19-14(21(33)30(29-19)20-16(27)10-13(26)11-17(20)28)6-5-7-15-22(34)38-25(3,39-23(15)35)9-8-18(32)12(2)31/h5-7,10-12,31,33H,4,8-9H2,1-3H3/b6-5+,15-7?. The number of nitrogens with zero attached hydrogens (tertiary/aromatic N) is 2. The van der Waals surface area contributed by atoms with Gasteiger partial charge in [0.2, 0.25) is 5.88 Å². The maximum absolute atomic E-state index is 12.5. The molecule has 2 heterocycles. The van der Waals surface area contributed by atoms with Gasteiger partial charge < -0.3 is 24.4 Å². The van der Waals surface area contributed by atoms with Crippen LogP contribution < -0.4 is 0 Å². The number of rotatable bonds is 9. The van der Waals surface area contributed by atoms with Crippen LogP contribution in [0.1, 0.15) is 49.7 Å². The van der Waals surface area contributed by atoms with Gasteiger partial charge in [0.05, 0.1) is 22.2 Å². The number of halogens is 3. The van der Waals surface area contributed by atoms with E-state index in [0.717, 1.165) is 10.8 Å². The van der Waals surface area contributed by atoms with Gasteiger partial charge in [-0.15, -0.1) is 0 Å². The normalized spacial score (nSPS) is 18.1. The number of aliphatic hydroxyl groups excluding tert-OH is 1. The number of carbonyl (C=O) groups is 4. The lowest BCUT2D eigenvalue weighted by molar-refractivity contribution is -0.231. The van der Waals surface area contributed by atoms with Gasteiger partial charge in [-0.25, -0.2) is 14.4 Å². The molecule has 1 aromatic carbocycles. The Balaban J connectivity index is 1.93. The summed E-state index contributed by atoms with van der Waals surface area (Å²) < 4.78 is 16.3. The quantitative estimate of drug-likeness (QED) is 0.243. The van der Waals surface area contributed by atoms with Gasteiger partial charge in [0.1, 0.15) is 17.4 Å². The molecule has 0 radical (unpaired) electrons. The van der Waals surface area contributed by atoms with Gasteiger partial charge in [0.15, 0.2) is 11.5 Å². The van der Waals surface area contributed by atoms with Crippen LogP contribution in [0.25, 0.3) is 11.8 Å². The Bertz CT molecular complexity index is 1350. The Morgan fingerprint density at radius 3 is 2.31 bits per heavy atom. The van der Waals surface area contributed by atoms with Crippen molar-refractivity contribution >= 4 is 64.6 Å². The number of aromatic hydroxyl groups is 1. The second-order valence-corrected chi connectivity index (χ2v) is 9.68. The number of hydrogen-bond acceptors (Lipinski definition) is 10. The smallest absolute Gasteiger partial charge is 0.359 e. The second-order valence-electron chi connectivity index (χ2n) is 8.43. The zero-order chi connectivity index (χ0) is 29.1. The van der Waals surface area contributed by atoms with E-state index >= 15 is 0 Å². The number of hydrogen-bond donors (Lipinski definition) is 2. The molecular formula is C25H23Cl3N2O9. The van der Waals surface area contributed by atoms with E-state index in [0.29, 0.717) is 0 Å². The Hall–Kier alpha value is -3.38. The average molecular weight is 602 g/mol. The molecule has 3 rings (SSSR count). The lowest BCUT2D eigenvalue weighted by Gasteiger charge is -2.33. The number of ether oxygens (including phenoxy) is 3. The van der Waals surface area contributed by atoms with Crippen LogP contribution in [0.15, 0.2) is 29.9 Å². The van der Waals surface area contributed by atoms with E-state index in [9.17, 15) is 29.4 Å². The van der Waals surface area contributed by atoms with Crippen molar-refractivity contribution in [2.24, 2.45) is 0 Å². The number of aliphatic hydroxyl groups is 1. The van der Waals surface area contributed by atoms with Crippen LogP contribution in [0.5, 0.6) is 5.88 Å². The first-order valence-electron chi connectivity index (χ1n) is 11.5. The topological polar surface area (TPSA) is 154 Å². The van der Waals surface area contributed by atoms with Gasteiger partial charge in [0, 0.05) is 24.8 Å². The SMILES string of the molecule is CCOC(=O)c1nn(-c2c(Cl)cc(Cl)cc2Cl)c(O)c1/C=C/C=C1C(=O)OC(C)(CCC(=O)C(C)O)OC1=O. The predicted octanol–water partition coefficient (Wildman–Crippen LogP) is 4.20. The molecule has 1 aliphatic heterocycles. The zero-order valence-electron chi connectivity index (χ0n) is 20.9. The summed E-state index contributed by atoms with van der Waals surface area (Å²) in [5, 5.41) is 24.6. The van der Waals surface area contributed by atoms with Crippen molar-refractivity contribution in [3.8, 4) is 11.6 Å². The summed E-state index contributed by atoms with van der Waals surface area (Å²) in [7, 11) is 0. The van der Waals surface area contributed by atoms with Crippen LogP contribution in [0.3, 0.4) is 0 Å². The fourth-order valence-corrected chi connectivity index (χ4v) is 4.44. The minimum atomic E-state index is -1.70. The molecule has 0 bridgehead atoms. The minimum Gasteiger partial charge on any atom is -0.493 e. The molecule has 1 aromatic heterocycles. The number of esters is 3. The molecular weight excluding hydrogens is 579 g/mol. The summed E-state index contributed by atoms with van der Waals surface area (Å²) in [4.78, 5) is 49.3. The van der Waals surface area contributed by atoms with Crippen molar-refractivity contribution in [2.45, 2.75) is 45.5 Å². The molecule has 0 saturated carbocycles. The van der Waals surface area contributed by atoms with E-state index in [1.165, 1.54) is 38.1 Å². The van der Waals surface area contributed by atoms with Crippen LogP contribution in [0.4, 0.5) is 0 Å². The molecule has 0 aliphatic carbocycles. The van der Waals surface area contributed by atoms with Gasteiger partial charge in [-0.1, -0.05) is 40.9 Å². The highest BCUT2D eigenvalue weighted by Gasteiger charge is 2.42. The van der Waals surface area contributed by atoms with Gasteiger partial charge >= 0.3 is 17.9 Å². The molecule has 0 spiro atoms. The number of cyclic esters (lactones) is 2. The van der Waals surface area contributed by atoms with E-state index in [-0.39, 0.29) is 51.5 Å². The summed E-state index contributed by atoms with van der Waals surface area (Å²) in [5.74, 6) is -5.68. The van der Waals surface area contributed by atoms with Crippen LogP contribution in [0, 0.1) is 0 Å². The third-order valence-electron chi connectivity index (χ3n) is 5.43. The highest BCUT2D eigenvalue weighted by atomic mass is 35.5. The predicted molar refractivity (Wildman–Crippen MR) is 140 cm³/mol. The summed E-state index contributed by atoms with van der Waals surface area (Å²) in [6.45, 7) is 4.21.